The average Bonchev–Trinajstić information content (AvgIpc) is 3.59. The number of amides is 1. The highest BCUT2D eigenvalue weighted by molar-refractivity contribution is 5.96. The van der Waals surface area contributed by atoms with Gasteiger partial charge >= 0.3 is 0 Å². The lowest BCUT2D eigenvalue weighted by atomic mass is 10.0. The monoisotopic (exact) mass is 459 g/mol. The maximum atomic E-state index is 14.8. The van der Waals surface area contributed by atoms with Crippen LogP contribution in [0.2, 0.25) is 0 Å². The highest BCUT2D eigenvalue weighted by Crippen LogP contribution is 2.38. The van der Waals surface area contributed by atoms with E-state index < -0.39 is 11.9 Å². The fourth-order valence-electron chi connectivity index (χ4n) is 5.37. The van der Waals surface area contributed by atoms with Gasteiger partial charge in [-0.05, 0) is 62.2 Å². The summed E-state index contributed by atoms with van der Waals surface area (Å²) >= 11 is 0. The van der Waals surface area contributed by atoms with Crippen LogP contribution < -0.4 is 5.32 Å². The van der Waals surface area contributed by atoms with E-state index in [4.69, 9.17) is 0 Å². The molecule has 6 nitrogen and oxygen atoms in total. The molecule has 6 rings (SSSR count). The van der Waals surface area contributed by atoms with Crippen LogP contribution in [0.5, 0.6) is 0 Å². The molecular weight excluding hydrogens is 436 g/mol. The topological polar surface area (TPSA) is 73.9 Å². The van der Waals surface area contributed by atoms with Gasteiger partial charge in [-0.25, -0.2) is 13.8 Å². The first kappa shape index (κ1) is 20.9. The molecule has 172 valence electrons. The van der Waals surface area contributed by atoms with Crippen LogP contribution in [-0.4, -0.2) is 44.9 Å². The Hall–Kier alpha value is -3.65. The number of hydrogen-bond acceptors (Lipinski definition) is 4. The largest absolute Gasteiger partial charge is 0.343 e. The SMILES string of the molecule is O=C(N[C@@H]1c2c(F)cccc2C[C@H]1N1CCCC1)c1ccc(-c2ccnc3[nH]cc(F)c23)nc1. The number of pyridine rings is 2. The Balaban J connectivity index is 1.28. The third-order valence-electron chi connectivity index (χ3n) is 6.99. The number of halogens is 2. The number of nitrogens with zero attached hydrogens (tertiary/aromatic N) is 3. The molecule has 1 aromatic carbocycles. The molecule has 2 atom stereocenters. The molecule has 1 amide bonds. The summed E-state index contributed by atoms with van der Waals surface area (Å²) in [6.45, 7) is 1.91. The first-order valence-corrected chi connectivity index (χ1v) is 11.5. The zero-order chi connectivity index (χ0) is 23.2. The van der Waals surface area contributed by atoms with Gasteiger partial charge in [-0.3, -0.25) is 14.7 Å². The van der Waals surface area contributed by atoms with E-state index in [9.17, 15) is 13.6 Å². The molecule has 4 heterocycles. The quantitative estimate of drug-likeness (QED) is 0.475. The van der Waals surface area contributed by atoms with Crippen molar-refractivity contribution in [2.24, 2.45) is 0 Å². The van der Waals surface area contributed by atoms with E-state index in [1.807, 2.05) is 6.07 Å². The maximum absolute atomic E-state index is 14.8. The van der Waals surface area contributed by atoms with E-state index in [0.717, 1.165) is 37.9 Å². The number of carbonyl (C=O) groups excluding carboxylic acids is 1. The Labute approximate surface area is 195 Å². The summed E-state index contributed by atoms with van der Waals surface area (Å²) in [5.74, 6) is -0.998. The summed E-state index contributed by atoms with van der Waals surface area (Å²) in [5, 5.41) is 3.44. The average molecular weight is 460 g/mol. The molecule has 1 fully saturated rings. The molecule has 0 unspecified atom stereocenters. The molecule has 1 aliphatic carbocycles. The minimum Gasteiger partial charge on any atom is -0.343 e. The van der Waals surface area contributed by atoms with Crippen molar-refractivity contribution in [2.45, 2.75) is 31.3 Å². The Morgan fingerprint density at radius 1 is 1.06 bits per heavy atom. The zero-order valence-corrected chi connectivity index (χ0v) is 18.4. The van der Waals surface area contributed by atoms with Crippen LogP contribution in [0.15, 0.2) is 55.0 Å². The molecule has 2 aliphatic rings. The minimum atomic E-state index is -0.421. The van der Waals surface area contributed by atoms with Crippen LogP contribution in [0.4, 0.5) is 8.78 Å². The summed E-state index contributed by atoms with van der Waals surface area (Å²) in [5.41, 5.74) is 3.47. The third kappa shape index (κ3) is 3.45. The number of aromatic amines is 1. The predicted molar refractivity (Wildman–Crippen MR) is 124 cm³/mol. The molecule has 8 heteroatoms. The third-order valence-corrected chi connectivity index (χ3v) is 6.99. The van der Waals surface area contributed by atoms with Crippen molar-refractivity contribution < 1.29 is 13.6 Å². The van der Waals surface area contributed by atoms with Gasteiger partial charge in [0, 0.05) is 35.8 Å². The van der Waals surface area contributed by atoms with Gasteiger partial charge in [-0.15, -0.1) is 0 Å². The Kier molecular flexibility index (Phi) is 5.10. The summed E-state index contributed by atoms with van der Waals surface area (Å²) < 4.78 is 29.1. The summed E-state index contributed by atoms with van der Waals surface area (Å²) in [6.07, 6.45) is 7.27. The van der Waals surface area contributed by atoms with E-state index in [2.05, 4.69) is 25.2 Å². The van der Waals surface area contributed by atoms with Gasteiger partial charge in [0.15, 0.2) is 5.82 Å². The van der Waals surface area contributed by atoms with Gasteiger partial charge in [0.2, 0.25) is 0 Å². The Morgan fingerprint density at radius 2 is 1.91 bits per heavy atom. The van der Waals surface area contributed by atoms with E-state index in [1.165, 1.54) is 18.5 Å². The first-order chi connectivity index (χ1) is 16.6. The van der Waals surface area contributed by atoms with Crippen molar-refractivity contribution in [3.8, 4) is 11.3 Å². The minimum absolute atomic E-state index is 0.0345. The first-order valence-electron chi connectivity index (χ1n) is 11.5. The molecule has 34 heavy (non-hydrogen) atoms. The van der Waals surface area contributed by atoms with Gasteiger partial charge in [0.1, 0.15) is 11.5 Å². The Bertz CT molecular complexity index is 1380. The smallest absolute Gasteiger partial charge is 0.253 e. The molecule has 1 aliphatic heterocycles. The number of aromatic nitrogens is 3. The molecule has 4 aromatic rings. The van der Waals surface area contributed by atoms with Crippen molar-refractivity contribution in [2.75, 3.05) is 13.1 Å². The lowest BCUT2D eigenvalue weighted by Gasteiger charge is -2.30. The van der Waals surface area contributed by atoms with Crippen molar-refractivity contribution in [3.63, 3.8) is 0 Å². The molecule has 1 saturated heterocycles. The zero-order valence-electron chi connectivity index (χ0n) is 18.4. The van der Waals surface area contributed by atoms with Crippen LogP contribution in [0.25, 0.3) is 22.3 Å². The van der Waals surface area contributed by atoms with Crippen LogP contribution in [0, 0.1) is 11.6 Å². The van der Waals surface area contributed by atoms with Gasteiger partial charge < -0.3 is 10.3 Å². The summed E-state index contributed by atoms with van der Waals surface area (Å²) in [6, 6.07) is 9.79. The summed E-state index contributed by atoms with van der Waals surface area (Å²) in [4.78, 5) is 26.9. The summed E-state index contributed by atoms with van der Waals surface area (Å²) in [7, 11) is 0. The second kappa shape index (κ2) is 8.29. The standard InChI is InChI=1S/C26H23F2N5O/c27-18-5-3-4-15-12-21(33-10-1-2-11-33)24(22(15)18)32-26(34)16-6-7-20(30-13-16)17-8-9-29-25-23(17)19(28)14-31-25/h3-9,13-14,21,24H,1-2,10-12H2,(H,29,31)(H,32,34)/t21-,24+/m1/s1. The van der Waals surface area contributed by atoms with Crippen molar-refractivity contribution in [1.82, 2.24) is 25.2 Å². The normalized spacial score (nSPS) is 20.1. The lowest BCUT2D eigenvalue weighted by Crippen LogP contribution is -2.43. The number of fused-ring (bicyclic) bond motifs is 2. The number of benzene rings is 1. The molecule has 0 bridgehead atoms. The molecule has 0 spiro atoms. The van der Waals surface area contributed by atoms with Crippen LogP contribution in [-0.2, 0) is 6.42 Å². The van der Waals surface area contributed by atoms with Crippen molar-refractivity contribution >= 4 is 16.9 Å². The number of rotatable bonds is 4. The van der Waals surface area contributed by atoms with Gasteiger partial charge in [-0.1, -0.05) is 12.1 Å². The van der Waals surface area contributed by atoms with Gasteiger partial charge in [-0.2, -0.15) is 0 Å². The number of likely N-dealkylation sites (tertiary alicyclic amines) is 1. The predicted octanol–water partition coefficient (Wildman–Crippen LogP) is 4.39. The van der Waals surface area contributed by atoms with Crippen LogP contribution in [0.3, 0.4) is 0 Å². The van der Waals surface area contributed by atoms with Gasteiger partial charge in [0.05, 0.1) is 22.7 Å². The number of carbonyl (C=O) groups is 1. The Morgan fingerprint density at radius 3 is 2.71 bits per heavy atom. The van der Waals surface area contributed by atoms with E-state index in [1.54, 1.807) is 30.5 Å². The van der Waals surface area contributed by atoms with Crippen molar-refractivity contribution in [1.29, 1.82) is 0 Å². The maximum Gasteiger partial charge on any atom is 0.253 e. The fraction of sp³-hybridized carbons (Fsp3) is 0.269. The highest BCUT2D eigenvalue weighted by atomic mass is 19.1. The van der Waals surface area contributed by atoms with E-state index in [-0.39, 0.29) is 17.8 Å². The van der Waals surface area contributed by atoms with E-state index in [0.29, 0.717) is 33.4 Å². The lowest BCUT2D eigenvalue weighted by molar-refractivity contribution is 0.0905. The number of H-pyrrole nitrogens is 1. The molecule has 2 N–H and O–H groups in total. The fourth-order valence-corrected chi connectivity index (χ4v) is 5.37. The van der Waals surface area contributed by atoms with Crippen molar-refractivity contribution in [3.05, 3.63) is 83.3 Å². The molecule has 0 saturated carbocycles. The number of hydrogen-bond donors (Lipinski definition) is 2. The van der Waals surface area contributed by atoms with Crippen LogP contribution in [0.1, 0.15) is 40.4 Å². The van der Waals surface area contributed by atoms with Gasteiger partial charge in [0.25, 0.3) is 5.91 Å². The second-order valence-corrected chi connectivity index (χ2v) is 8.93. The molecule has 3 aromatic heterocycles. The number of nitrogens with one attached hydrogen (secondary N) is 2. The van der Waals surface area contributed by atoms with Crippen LogP contribution >= 0.6 is 0 Å². The second-order valence-electron chi connectivity index (χ2n) is 8.93. The highest BCUT2D eigenvalue weighted by Gasteiger charge is 2.40. The molecule has 0 radical (unpaired) electrons. The van der Waals surface area contributed by atoms with E-state index >= 15 is 0 Å². The molecular formula is C26H23F2N5O.